The molecule has 0 unspecified atom stereocenters. The Bertz CT molecular complexity index is 712. The third-order valence-corrected chi connectivity index (χ3v) is 3.65. The van der Waals surface area contributed by atoms with E-state index in [0.717, 1.165) is 0 Å². The minimum atomic E-state index is -0.942. The second-order valence-electron chi connectivity index (χ2n) is 4.88. The summed E-state index contributed by atoms with van der Waals surface area (Å²) in [5, 5.41) is 13.4. The van der Waals surface area contributed by atoms with Gasteiger partial charge in [-0.25, -0.2) is 4.68 Å². The number of carboxylic acid groups (broad SMARTS) is 1. The monoisotopic (exact) mass is 321 g/mol. The summed E-state index contributed by atoms with van der Waals surface area (Å²) in [4.78, 5) is 24.3. The average Bonchev–Trinajstić information content (AvgIpc) is 2.86. The van der Waals surface area contributed by atoms with E-state index in [1.54, 1.807) is 24.7 Å². The molecule has 0 aliphatic carbocycles. The first-order chi connectivity index (χ1) is 10.4. The molecule has 6 nitrogen and oxygen atoms in total. The molecule has 1 N–H and O–H groups in total. The van der Waals surface area contributed by atoms with E-state index in [9.17, 15) is 9.59 Å². The molecule has 7 heteroatoms. The lowest BCUT2D eigenvalue weighted by atomic mass is 10.2. The number of halogens is 1. The van der Waals surface area contributed by atoms with Crippen LogP contribution in [0.5, 0.6) is 0 Å². The summed E-state index contributed by atoms with van der Waals surface area (Å²) >= 11 is 6.15. The fourth-order valence-electron chi connectivity index (χ4n) is 2.06. The summed E-state index contributed by atoms with van der Waals surface area (Å²) in [6, 6.07) is 7.21. The number of nitrogens with zero attached hydrogens (tertiary/aromatic N) is 3. The topological polar surface area (TPSA) is 75.4 Å². The minimum Gasteiger partial charge on any atom is -0.481 e. The molecule has 2 aromatic rings. The van der Waals surface area contributed by atoms with Crippen molar-refractivity contribution in [2.45, 2.75) is 13.3 Å². The fourth-order valence-corrected chi connectivity index (χ4v) is 2.27. The Morgan fingerprint density at radius 2 is 2.05 bits per heavy atom. The molecule has 22 heavy (non-hydrogen) atoms. The Balaban J connectivity index is 2.26. The number of hydrogen-bond acceptors (Lipinski definition) is 3. The molecule has 1 amide bonds. The van der Waals surface area contributed by atoms with E-state index in [4.69, 9.17) is 16.7 Å². The molecule has 0 saturated heterocycles. The van der Waals surface area contributed by atoms with Crippen molar-refractivity contribution < 1.29 is 14.7 Å². The minimum absolute atomic E-state index is 0.0973. The van der Waals surface area contributed by atoms with Crippen molar-refractivity contribution in [1.29, 1.82) is 0 Å². The number of aromatic nitrogens is 2. The molecule has 0 radical (unpaired) electrons. The molecular formula is C15H16ClN3O3. The highest BCUT2D eigenvalue weighted by Gasteiger charge is 2.19. The number of benzene rings is 1. The molecule has 0 spiro atoms. The van der Waals surface area contributed by atoms with Crippen LogP contribution in [0.2, 0.25) is 5.02 Å². The summed E-state index contributed by atoms with van der Waals surface area (Å²) in [6.45, 7) is 1.92. The van der Waals surface area contributed by atoms with Crippen LogP contribution in [-0.2, 0) is 4.79 Å². The van der Waals surface area contributed by atoms with Crippen LogP contribution in [0, 0.1) is 6.92 Å². The zero-order valence-corrected chi connectivity index (χ0v) is 13.0. The predicted molar refractivity (Wildman–Crippen MR) is 82.5 cm³/mol. The molecule has 0 fully saturated rings. The zero-order chi connectivity index (χ0) is 16.3. The molecular weight excluding hydrogens is 306 g/mol. The van der Waals surface area contributed by atoms with Gasteiger partial charge in [0.1, 0.15) is 0 Å². The van der Waals surface area contributed by atoms with Crippen molar-refractivity contribution >= 4 is 23.5 Å². The summed E-state index contributed by atoms with van der Waals surface area (Å²) in [5.41, 5.74) is 1.77. The van der Waals surface area contributed by atoms with Crippen molar-refractivity contribution in [3.63, 3.8) is 0 Å². The van der Waals surface area contributed by atoms with Crippen LogP contribution in [0.15, 0.2) is 30.5 Å². The number of carboxylic acids is 1. The van der Waals surface area contributed by atoms with Gasteiger partial charge >= 0.3 is 5.97 Å². The molecule has 0 bridgehead atoms. The van der Waals surface area contributed by atoms with E-state index in [2.05, 4.69) is 5.10 Å². The van der Waals surface area contributed by atoms with Crippen molar-refractivity contribution in [3.05, 3.63) is 46.7 Å². The normalized spacial score (nSPS) is 10.5. The molecule has 0 saturated carbocycles. The quantitative estimate of drug-likeness (QED) is 0.917. The first-order valence-electron chi connectivity index (χ1n) is 6.68. The molecule has 0 aliphatic rings. The SMILES string of the molecule is Cc1c(C(=O)N(C)CCC(=O)O)cnn1-c1ccccc1Cl. The van der Waals surface area contributed by atoms with Gasteiger partial charge < -0.3 is 10.0 Å². The van der Waals surface area contributed by atoms with Crippen LogP contribution in [0.1, 0.15) is 22.5 Å². The van der Waals surface area contributed by atoms with Gasteiger partial charge in [0.25, 0.3) is 5.91 Å². The highest BCUT2D eigenvalue weighted by atomic mass is 35.5. The number of rotatable bonds is 5. The number of carbonyl (C=O) groups excluding carboxylic acids is 1. The Morgan fingerprint density at radius 3 is 2.68 bits per heavy atom. The van der Waals surface area contributed by atoms with Crippen LogP contribution >= 0.6 is 11.6 Å². The van der Waals surface area contributed by atoms with E-state index in [1.807, 2.05) is 18.2 Å². The van der Waals surface area contributed by atoms with Gasteiger partial charge in [0.2, 0.25) is 0 Å². The smallest absolute Gasteiger partial charge is 0.305 e. The van der Waals surface area contributed by atoms with Crippen LogP contribution in [0.25, 0.3) is 5.69 Å². The Labute approximate surface area is 132 Å². The maximum absolute atomic E-state index is 12.4. The summed E-state index contributed by atoms with van der Waals surface area (Å²) < 4.78 is 1.60. The number of aliphatic carboxylic acids is 1. The van der Waals surface area contributed by atoms with Gasteiger partial charge in [0.15, 0.2) is 0 Å². The van der Waals surface area contributed by atoms with Gasteiger partial charge in [-0.15, -0.1) is 0 Å². The lowest BCUT2D eigenvalue weighted by molar-refractivity contribution is -0.137. The average molecular weight is 322 g/mol. The van der Waals surface area contributed by atoms with Gasteiger partial charge in [-0.3, -0.25) is 9.59 Å². The van der Waals surface area contributed by atoms with E-state index in [1.165, 1.54) is 11.1 Å². The van der Waals surface area contributed by atoms with Gasteiger partial charge in [0.05, 0.1) is 34.6 Å². The van der Waals surface area contributed by atoms with Crippen LogP contribution in [-0.4, -0.2) is 45.3 Å². The molecule has 0 aliphatic heterocycles. The van der Waals surface area contributed by atoms with Crippen molar-refractivity contribution in [2.75, 3.05) is 13.6 Å². The third-order valence-electron chi connectivity index (χ3n) is 3.33. The second kappa shape index (κ2) is 6.62. The molecule has 1 heterocycles. The fraction of sp³-hybridized carbons (Fsp3) is 0.267. The third kappa shape index (κ3) is 3.28. The predicted octanol–water partition coefficient (Wildman–Crippen LogP) is 2.38. The van der Waals surface area contributed by atoms with Crippen LogP contribution < -0.4 is 0 Å². The van der Waals surface area contributed by atoms with Crippen molar-refractivity contribution in [1.82, 2.24) is 14.7 Å². The Morgan fingerprint density at radius 1 is 1.36 bits per heavy atom. The number of para-hydroxylation sites is 1. The number of hydrogen-bond donors (Lipinski definition) is 1. The lowest BCUT2D eigenvalue weighted by Gasteiger charge is -2.15. The molecule has 2 rings (SSSR count). The maximum atomic E-state index is 12.4. The maximum Gasteiger partial charge on any atom is 0.305 e. The summed E-state index contributed by atoms with van der Waals surface area (Å²) in [5.74, 6) is -1.21. The highest BCUT2D eigenvalue weighted by Crippen LogP contribution is 2.22. The van der Waals surface area contributed by atoms with Gasteiger partial charge in [-0.2, -0.15) is 5.10 Å². The van der Waals surface area contributed by atoms with E-state index >= 15 is 0 Å². The largest absolute Gasteiger partial charge is 0.481 e. The zero-order valence-electron chi connectivity index (χ0n) is 12.3. The molecule has 1 aromatic carbocycles. The first kappa shape index (κ1) is 16.0. The van der Waals surface area contributed by atoms with Crippen LogP contribution in [0.3, 0.4) is 0 Å². The Kier molecular flexibility index (Phi) is 4.82. The Hall–Kier alpha value is -2.34. The molecule has 116 valence electrons. The highest BCUT2D eigenvalue weighted by molar-refractivity contribution is 6.32. The van der Waals surface area contributed by atoms with Gasteiger partial charge in [0, 0.05) is 13.6 Å². The van der Waals surface area contributed by atoms with Crippen molar-refractivity contribution in [3.8, 4) is 5.69 Å². The van der Waals surface area contributed by atoms with E-state index in [-0.39, 0.29) is 18.9 Å². The molecule has 1 aromatic heterocycles. The van der Waals surface area contributed by atoms with Gasteiger partial charge in [-0.05, 0) is 19.1 Å². The molecule has 0 atom stereocenters. The van der Waals surface area contributed by atoms with E-state index in [0.29, 0.717) is 22.0 Å². The van der Waals surface area contributed by atoms with Crippen molar-refractivity contribution in [2.24, 2.45) is 0 Å². The second-order valence-corrected chi connectivity index (χ2v) is 5.28. The standard InChI is InChI=1S/C15H16ClN3O3/c1-10-11(15(22)18(2)8-7-14(20)21)9-17-19(10)13-6-4-3-5-12(13)16/h3-6,9H,7-8H2,1-2H3,(H,20,21). The van der Waals surface area contributed by atoms with Gasteiger partial charge in [-0.1, -0.05) is 23.7 Å². The number of carbonyl (C=O) groups is 2. The lowest BCUT2D eigenvalue weighted by Crippen LogP contribution is -2.29. The number of amides is 1. The van der Waals surface area contributed by atoms with Crippen LogP contribution in [0.4, 0.5) is 0 Å². The van der Waals surface area contributed by atoms with E-state index < -0.39 is 5.97 Å². The first-order valence-corrected chi connectivity index (χ1v) is 7.06. The summed E-state index contributed by atoms with van der Waals surface area (Å²) in [7, 11) is 1.57. The summed E-state index contributed by atoms with van der Waals surface area (Å²) in [6.07, 6.45) is 1.37.